The van der Waals surface area contributed by atoms with Crippen LogP contribution >= 0.6 is 35.2 Å². The van der Waals surface area contributed by atoms with E-state index in [1.807, 2.05) is 48.7 Å². The number of aryl methyl sites for hydroxylation is 1. The highest BCUT2D eigenvalue weighted by Gasteiger charge is 2.19. The van der Waals surface area contributed by atoms with Gasteiger partial charge in [0.25, 0.3) is 0 Å². The van der Waals surface area contributed by atoms with Crippen molar-refractivity contribution in [3.63, 3.8) is 0 Å². The number of thiocarbonyl (C=S) groups is 1. The van der Waals surface area contributed by atoms with Gasteiger partial charge in [-0.1, -0.05) is 42.0 Å². The zero-order chi connectivity index (χ0) is 17.8. The third-order valence-electron chi connectivity index (χ3n) is 3.58. The number of anilines is 1. The lowest BCUT2D eigenvalue weighted by molar-refractivity contribution is -0.577. The van der Waals surface area contributed by atoms with Gasteiger partial charge in [0, 0.05) is 27.7 Å². The highest BCUT2D eigenvalue weighted by atomic mass is 35.5. The smallest absolute Gasteiger partial charge is 0.239 e. The Morgan fingerprint density at radius 1 is 1.16 bits per heavy atom. The van der Waals surface area contributed by atoms with E-state index >= 15 is 0 Å². The van der Waals surface area contributed by atoms with Crippen molar-refractivity contribution in [3.05, 3.63) is 81.8 Å². The van der Waals surface area contributed by atoms with Crippen LogP contribution in [0.2, 0.25) is 5.02 Å². The third kappa shape index (κ3) is 4.07. The average molecular weight is 387 g/mol. The van der Waals surface area contributed by atoms with Crippen molar-refractivity contribution in [1.82, 2.24) is 0 Å². The van der Waals surface area contributed by atoms with Crippen molar-refractivity contribution in [1.29, 1.82) is 0 Å². The summed E-state index contributed by atoms with van der Waals surface area (Å²) in [7, 11) is 0. The van der Waals surface area contributed by atoms with E-state index in [1.54, 1.807) is 29.1 Å². The van der Waals surface area contributed by atoms with Gasteiger partial charge in [-0.15, -0.1) is 11.3 Å². The standard InChI is InChI=1S/C19H15ClN2OS2/c1-13-7-8-14(12-15(13)20)21-19(24)17(22-9-3-2-4-10-22)18(23)16-6-5-11-25-16/h2-12H,1H3,(H-,21,23,24). The number of thiophene rings is 1. The van der Waals surface area contributed by atoms with Gasteiger partial charge in [-0.3, -0.25) is 0 Å². The highest BCUT2D eigenvalue weighted by Crippen LogP contribution is 2.23. The first kappa shape index (κ1) is 17.6. The van der Waals surface area contributed by atoms with Crippen molar-refractivity contribution in [2.24, 2.45) is 0 Å². The molecule has 0 aliphatic rings. The van der Waals surface area contributed by atoms with Gasteiger partial charge < -0.3 is 10.4 Å². The minimum atomic E-state index is -0.123. The van der Waals surface area contributed by atoms with Crippen LogP contribution in [0.4, 0.5) is 5.69 Å². The fraction of sp³-hybridized carbons (Fsp3) is 0.0526. The Kier molecular flexibility index (Phi) is 5.48. The first-order chi connectivity index (χ1) is 12.1. The first-order valence-corrected chi connectivity index (χ1v) is 9.22. The minimum absolute atomic E-state index is 0.123. The molecule has 0 spiro atoms. The maximum absolute atomic E-state index is 13.0. The fourth-order valence-corrected chi connectivity index (χ4v) is 3.43. The van der Waals surface area contributed by atoms with Crippen molar-refractivity contribution in [2.75, 3.05) is 5.32 Å². The van der Waals surface area contributed by atoms with Crippen LogP contribution in [-0.2, 0) is 0 Å². The Labute approximate surface area is 160 Å². The summed E-state index contributed by atoms with van der Waals surface area (Å²) in [5.41, 5.74) is 2.12. The van der Waals surface area contributed by atoms with Gasteiger partial charge in [0.15, 0.2) is 17.4 Å². The van der Waals surface area contributed by atoms with Crippen LogP contribution in [0.15, 0.2) is 66.3 Å². The molecule has 0 bridgehead atoms. The number of benzene rings is 1. The van der Waals surface area contributed by atoms with Gasteiger partial charge in [0.05, 0.1) is 0 Å². The van der Waals surface area contributed by atoms with E-state index in [0.717, 1.165) is 11.3 Å². The lowest BCUT2D eigenvalue weighted by Gasteiger charge is -2.15. The van der Waals surface area contributed by atoms with Gasteiger partial charge >= 0.3 is 0 Å². The SMILES string of the molecule is Cc1ccc(NC(=S)C(=C([O-])c2cccs2)[n+]2ccccc2)cc1Cl. The molecule has 0 atom stereocenters. The number of hydrogen-bond acceptors (Lipinski definition) is 3. The van der Waals surface area contributed by atoms with Crippen LogP contribution in [0, 0.1) is 6.92 Å². The number of nitrogens with one attached hydrogen (secondary N) is 1. The zero-order valence-electron chi connectivity index (χ0n) is 13.4. The summed E-state index contributed by atoms with van der Waals surface area (Å²) in [6.45, 7) is 1.93. The normalized spacial score (nSPS) is 11.8. The molecule has 2 heterocycles. The molecule has 3 rings (SSSR count). The lowest BCUT2D eigenvalue weighted by Crippen LogP contribution is -2.39. The monoisotopic (exact) mass is 386 g/mol. The van der Waals surface area contributed by atoms with Crippen LogP contribution in [0.3, 0.4) is 0 Å². The number of nitrogens with zero attached hydrogens (tertiary/aromatic N) is 1. The number of pyridine rings is 1. The summed E-state index contributed by atoms with van der Waals surface area (Å²) < 4.78 is 1.73. The van der Waals surface area contributed by atoms with Crippen LogP contribution in [-0.4, -0.2) is 4.99 Å². The summed E-state index contributed by atoms with van der Waals surface area (Å²) >= 11 is 13.1. The van der Waals surface area contributed by atoms with Crippen LogP contribution < -0.4 is 15.0 Å². The minimum Gasteiger partial charge on any atom is -0.867 e. The highest BCUT2D eigenvalue weighted by molar-refractivity contribution is 7.81. The Balaban J connectivity index is 2.01. The molecule has 0 saturated heterocycles. The largest absolute Gasteiger partial charge is 0.867 e. The van der Waals surface area contributed by atoms with E-state index < -0.39 is 0 Å². The predicted molar refractivity (Wildman–Crippen MR) is 106 cm³/mol. The quantitative estimate of drug-likeness (QED) is 0.317. The fourth-order valence-electron chi connectivity index (χ4n) is 2.27. The number of halogens is 1. The Bertz CT molecular complexity index is 922. The molecule has 2 aromatic heterocycles. The molecular formula is C19H15ClN2OS2. The second-order valence-corrected chi connectivity index (χ2v) is 7.12. The summed E-state index contributed by atoms with van der Waals surface area (Å²) in [5, 5.41) is 18.6. The molecule has 0 aliphatic heterocycles. The molecule has 25 heavy (non-hydrogen) atoms. The Hall–Kier alpha value is -2.21. The van der Waals surface area contributed by atoms with E-state index in [0.29, 0.717) is 20.6 Å². The summed E-state index contributed by atoms with van der Waals surface area (Å²) in [5.74, 6) is -0.123. The van der Waals surface area contributed by atoms with Gasteiger partial charge in [0.2, 0.25) is 5.70 Å². The molecule has 6 heteroatoms. The van der Waals surface area contributed by atoms with E-state index in [4.69, 9.17) is 23.8 Å². The third-order valence-corrected chi connectivity index (χ3v) is 5.15. The summed E-state index contributed by atoms with van der Waals surface area (Å²) in [4.78, 5) is 0.979. The van der Waals surface area contributed by atoms with Crippen molar-refractivity contribution >= 4 is 57.3 Å². The lowest BCUT2D eigenvalue weighted by atomic mass is 10.2. The van der Waals surface area contributed by atoms with Gasteiger partial charge in [0.1, 0.15) is 0 Å². The maximum Gasteiger partial charge on any atom is 0.239 e. The molecular weight excluding hydrogens is 372 g/mol. The molecule has 126 valence electrons. The molecule has 0 aliphatic carbocycles. The van der Waals surface area contributed by atoms with Crippen LogP contribution in [0.1, 0.15) is 10.4 Å². The second kappa shape index (κ2) is 7.78. The number of rotatable bonds is 4. The van der Waals surface area contributed by atoms with Crippen LogP contribution in [0.5, 0.6) is 0 Å². The van der Waals surface area contributed by atoms with Crippen molar-refractivity contribution in [3.8, 4) is 0 Å². The molecule has 0 unspecified atom stereocenters. The van der Waals surface area contributed by atoms with Gasteiger partial charge in [-0.2, -0.15) is 4.57 Å². The summed E-state index contributed by atoms with van der Waals surface area (Å²) in [6.07, 6.45) is 3.61. The van der Waals surface area contributed by atoms with Gasteiger partial charge in [-0.25, -0.2) is 0 Å². The zero-order valence-corrected chi connectivity index (χ0v) is 15.8. The topological polar surface area (TPSA) is 39.0 Å². The molecule has 3 nitrogen and oxygen atoms in total. The molecule has 1 N–H and O–H groups in total. The van der Waals surface area contributed by atoms with Crippen molar-refractivity contribution in [2.45, 2.75) is 6.92 Å². The average Bonchev–Trinajstić information content (AvgIpc) is 3.14. The van der Waals surface area contributed by atoms with Crippen molar-refractivity contribution < 1.29 is 9.67 Å². The first-order valence-electron chi connectivity index (χ1n) is 7.55. The van der Waals surface area contributed by atoms with E-state index in [9.17, 15) is 5.11 Å². The molecule has 0 fully saturated rings. The number of hydrogen-bond donors (Lipinski definition) is 1. The Morgan fingerprint density at radius 2 is 1.92 bits per heavy atom. The maximum atomic E-state index is 13.0. The van der Waals surface area contributed by atoms with E-state index in [1.165, 1.54) is 11.3 Å². The van der Waals surface area contributed by atoms with Gasteiger partial charge in [-0.05, 0) is 41.8 Å². The van der Waals surface area contributed by atoms with Crippen LogP contribution in [0.25, 0.3) is 11.5 Å². The number of aromatic nitrogens is 1. The summed E-state index contributed by atoms with van der Waals surface area (Å²) in [6, 6.07) is 14.8. The molecule has 0 saturated carbocycles. The molecule has 1 aromatic carbocycles. The second-order valence-electron chi connectivity index (χ2n) is 5.36. The Morgan fingerprint density at radius 3 is 2.56 bits per heavy atom. The molecule has 0 amide bonds. The molecule has 3 aromatic rings. The van der Waals surface area contributed by atoms with E-state index in [-0.39, 0.29) is 5.76 Å². The predicted octanol–water partition coefficient (Wildman–Crippen LogP) is 4.12. The van der Waals surface area contributed by atoms with E-state index in [2.05, 4.69) is 5.32 Å². The molecule has 0 radical (unpaired) electrons.